The Morgan fingerprint density at radius 1 is 1.11 bits per heavy atom. The highest BCUT2D eigenvalue weighted by Crippen LogP contribution is 2.35. The van der Waals surface area contributed by atoms with Gasteiger partial charge < -0.3 is 19.7 Å². The first-order chi connectivity index (χ1) is 17.0. The maximum atomic E-state index is 9.16. The van der Waals surface area contributed by atoms with Gasteiger partial charge in [0.25, 0.3) is 5.89 Å². The summed E-state index contributed by atoms with van der Waals surface area (Å²) < 4.78 is 5.91. The van der Waals surface area contributed by atoms with Crippen molar-refractivity contribution >= 4 is 39.7 Å². The number of benzene rings is 1. The number of hydrogen-bond acceptors (Lipinski definition) is 11. The molecule has 1 saturated heterocycles. The van der Waals surface area contributed by atoms with Crippen molar-refractivity contribution < 1.29 is 9.52 Å². The van der Waals surface area contributed by atoms with Crippen LogP contribution >= 0.6 is 22.9 Å². The standard InChI is InChI=1S/C23H25ClN8O2S/c1-14-4-3-5-16(24)20(14)22-30-29-21(34-22)17-13-25-23(35-17)28-18-12-19(27-15(2)26-18)32-8-6-31(7-9-32)10-11-33/h3-5,12-13,33H,6-11H2,1-2H3,(H,25,26,27,28). The number of halogens is 1. The topological polar surface area (TPSA) is 116 Å². The summed E-state index contributed by atoms with van der Waals surface area (Å²) in [5, 5.41) is 22.0. The Morgan fingerprint density at radius 2 is 1.91 bits per heavy atom. The summed E-state index contributed by atoms with van der Waals surface area (Å²) in [5.41, 5.74) is 1.70. The molecule has 4 aromatic rings. The molecule has 0 amide bonds. The van der Waals surface area contributed by atoms with E-state index in [4.69, 9.17) is 21.1 Å². The van der Waals surface area contributed by atoms with Gasteiger partial charge in [0.2, 0.25) is 5.89 Å². The molecule has 35 heavy (non-hydrogen) atoms. The molecule has 0 aliphatic carbocycles. The summed E-state index contributed by atoms with van der Waals surface area (Å²) >= 11 is 7.74. The van der Waals surface area contributed by atoms with E-state index in [9.17, 15) is 0 Å². The first-order valence-electron chi connectivity index (χ1n) is 11.3. The lowest BCUT2D eigenvalue weighted by Crippen LogP contribution is -2.47. The number of aliphatic hydroxyl groups excluding tert-OH is 1. The molecule has 5 rings (SSSR count). The lowest BCUT2D eigenvalue weighted by molar-refractivity contribution is 0.188. The molecule has 1 aliphatic heterocycles. The van der Waals surface area contributed by atoms with Crippen LogP contribution in [0.1, 0.15) is 11.4 Å². The first-order valence-corrected chi connectivity index (χ1v) is 12.5. The minimum Gasteiger partial charge on any atom is -0.415 e. The molecule has 182 valence electrons. The highest BCUT2D eigenvalue weighted by molar-refractivity contribution is 7.18. The Kier molecular flexibility index (Phi) is 6.91. The second kappa shape index (κ2) is 10.2. The van der Waals surface area contributed by atoms with Crippen LogP contribution in [0.3, 0.4) is 0 Å². The minimum atomic E-state index is 0.182. The van der Waals surface area contributed by atoms with Gasteiger partial charge in [-0.15, -0.1) is 10.2 Å². The summed E-state index contributed by atoms with van der Waals surface area (Å²) in [4.78, 5) is 18.8. The zero-order valence-electron chi connectivity index (χ0n) is 19.4. The van der Waals surface area contributed by atoms with Gasteiger partial charge in [-0.05, 0) is 25.5 Å². The zero-order chi connectivity index (χ0) is 24.4. The van der Waals surface area contributed by atoms with Gasteiger partial charge in [-0.2, -0.15) is 0 Å². The number of piperazine rings is 1. The fraction of sp³-hybridized carbons (Fsp3) is 0.348. The maximum Gasteiger partial charge on any atom is 0.259 e. The van der Waals surface area contributed by atoms with Gasteiger partial charge in [0, 0.05) is 38.8 Å². The van der Waals surface area contributed by atoms with Gasteiger partial charge in [-0.25, -0.2) is 15.0 Å². The Hall–Kier alpha value is -3.12. The molecule has 1 aliphatic rings. The van der Waals surface area contributed by atoms with Gasteiger partial charge in [0.1, 0.15) is 22.3 Å². The van der Waals surface area contributed by atoms with E-state index in [1.54, 1.807) is 12.3 Å². The van der Waals surface area contributed by atoms with Crippen LogP contribution in [0.4, 0.5) is 16.8 Å². The average Bonchev–Trinajstić information content (AvgIpc) is 3.49. The number of nitrogens with zero attached hydrogens (tertiary/aromatic N) is 7. The van der Waals surface area contributed by atoms with Crippen molar-refractivity contribution in [2.75, 3.05) is 49.5 Å². The van der Waals surface area contributed by atoms with E-state index in [2.05, 4.69) is 40.3 Å². The number of rotatable bonds is 7. The average molecular weight is 513 g/mol. The van der Waals surface area contributed by atoms with Gasteiger partial charge >= 0.3 is 0 Å². The SMILES string of the molecule is Cc1nc(Nc2ncc(-c3nnc(-c4c(C)cccc4Cl)o3)s2)cc(N2CCN(CCO)CC2)n1. The second-order valence-electron chi connectivity index (χ2n) is 8.21. The number of thiazole rings is 1. The molecule has 0 atom stereocenters. The Morgan fingerprint density at radius 3 is 2.69 bits per heavy atom. The van der Waals surface area contributed by atoms with Gasteiger partial charge in [-0.1, -0.05) is 35.1 Å². The third-order valence-electron chi connectivity index (χ3n) is 5.75. The van der Waals surface area contributed by atoms with Crippen LogP contribution in [-0.2, 0) is 0 Å². The van der Waals surface area contributed by atoms with Crippen molar-refractivity contribution in [3.05, 3.63) is 46.9 Å². The van der Waals surface area contributed by atoms with Gasteiger partial charge in [-0.3, -0.25) is 4.90 Å². The number of nitrogens with one attached hydrogen (secondary N) is 1. The number of aliphatic hydroxyl groups is 1. The predicted octanol–water partition coefficient (Wildman–Crippen LogP) is 3.78. The maximum absolute atomic E-state index is 9.16. The quantitative estimate of drug-likeness (QED) is 0.379. The van der Waals surface area contributed by atoms with Crippen molar-refractivity contribution in [2.45, 2.75) is 13.8 Å². The van der Waals surface area contributed by atoms with E-state index in [-0.39, 0.29) is 6.61 Å². The van der Waals surface area contributed by atoms with Gasteiger partial charge in [0.05, 0.1) is 23.4 Å². The monoisotopic (exact) mass is 512 g/mol. The molecule has 0 unspecified atom stereocenters. The lowest BCUT2D eigenvalue weighted by Gasteiger charge is -2.35. The lowest BCUT2D eigenvalue weighted by atomic mass is 10.1. The van der Waals surface area contributed by atoms with E-state index in [1.165, 1.54) is 11.3 Å². The van der Waals surface area contributed by atoms with Crippen LogP contribution in [0.2, 0.25) is 5.02 Å². The minimum absolute atomic E-state index is 0.182. The molecular formula is C23H25ClN8O2S. The molecule has 0 spiro atoms. The van der Waals surface area contributed by atoms with E-state index in [1.807, 2.05) is 32.0 Å². The Balaban J connectivity index is 1.31. The predicted molar refractivity (Wildman–Crippen MR) is 136 cm³/mol. The first kappa shape index (κ1) is 23.6. The summed E-state index contributed by atoms with van der Waals surface area (Å²) in [6, 6.07) is 7.57. The molecule has 0 saturated carbocycles. The summed E-state index contributed by atoms with van der Waals surface area (Å²) in [7, 11) is 0. The third kappa shape index (κ3) is 5.27. The van der Waals surface area contributed by atoms with Crippen molar-refractivity contribution in [1.29, 1.82) is 0 Å². The van der Waals surface area contributed by atoms with Crippen LogP contribution in [0.25, 0.3) is 22.2 Å². The molecule has 0 radical (unpaired) electrons. The van der Waals surface area contributed by atoms with E-state index >= 15 is 0 Å². The highest BCUT2D eigenvalue weighted by Gasteiger charge is 2.20. The van der Waals surface area contributed by atoms with Crippen LogP contribution < -0.4 is 10.2 Å². The molecule has 2 N–H and O–H groups in total. The molecule has 3 aromatic heterocycles. The van der Waals surface area contributed by atoms with Crippen LogP contribution in [0, 0.1) is 13.8 Å². The van der Waals surface area contributed by atoms with Crippen molar-refractivity contribution in [3.8, 4) is 22.2 Å². The Labute approximate surface area is 211 Å². The van der Waals surface area contributed by atoms with E-state index < -0.39 is 0 Å². The normalized spacial score (nSPS) is 14.5. The van der Waals surface area contributed by atoms with Crippen molar-refractivity contribution in [1.82, 2.24) is 30.0 Å². The fourth-order valence-corrected chi connectivity index (χ4v) is 5.03. The molecular weight excluding hydrogens is 488 g/mol. The number of anilines is 3. The molecule has 12 heteroatoms. The molecule has 1 fully saturated rings. The Bertz CT molecular complexity index is 1300. The van der Waals surface area contributed by atoms with E-state index in [0.29, 0.717) is 40.1 Å². The van der Waals surface area contributed by atoms with Crippen LogP contribution in [-0.4, -0.2) is 74.5 Å². The number of β-amino-alcohol motifs (C(OH)–C–C–N with tert-alkyl or cyclic N) is 1. The van der Waals surface area contributed by atoms with Crippen LogP contribution in [0.15, 0.2) is 34.9 Å². The third-order valence-corrected chi connectivity index (χ3v) is 6.96. The largest absolute Gasteiger partial charge is 0.415 e. The van der Waals surface area contributed by atoms with Crippen molar-refractivity contribution in [2.24, 2.45) is 0 Å². The van der Waals surface area contributed by atoms with Crippen molar-refractivity contribution in [3.63, 3.8) is 0 Å². The smallest absolute Gasteiger partial charge is 0.259 e. The zero-order valence-corrected chi connectivity index (χ0v) is 21.0. The summed E-state index contributed by atoms with van der Waals surface area (Å²) in [6.45, 7) is 8.19. The fourth-order valence-electron chi connectivity index (χ4n) is 3.99. The number of hydrogen-bond donors (Lipinski definition) is 2. The molecule has 1 aromatic carbocycles. The second-order valence-corrected chi connectivity index (χ2v) is 9.65. The highest BCUT2D eigenvalue weighted by atomic mass is 35.5. The summed E-state index contributed by atoms with van der Waals surface area (Å²) in [6.07, 6.45) is 1.69. The van der Waals surface area contributed by atoms with Crippen LogP contribution in [0.5, 0.6) is 0 Å². The van der Waals surface area contributed by atoms with E-state index in [0.717, 1.165) is 48.0 Å². The molecule has 0 bridgehead atoms. The molecule has 10 nitrogen and oxygen atoms in total. The number of aryl methyl sites for hydroxylation is 2. The number of aromatic nitrogens is 5. The summed E-state index contributed by atoms with van der Waals surface area (Å²) in [5.74, 6) is 2.98. The van der Waals surface area contributed by atoms with Gasteiger partial charge in [0.15, 0.2) is 5.13 Å². The molecule has 4 heterocycles.